The summed E-state index contributed by atoms with van der Waals surface area (Å²) in [6.45, 7) is 1.32. The van der Waals surface area contributed by atoms with Gasteiger partial charge in [0.15, 0.2) is 0 Å². The monoisotopic (exact) mass is 218 g/mol. The maximum atomic E-state index is 13.1. The maximum absolute atomic E-state index is 13.1. The Labute approximate surface area is 84.3 Å². The number of carbonyl (C=O) groups is 1. The van der Waals surface area contributed by atoms with Crippen LogP contribution in [-0.4, -0.2) is 11.1 Å². The van der Waals surface area contributed by atoms with Crippen LogP contribution in [0, 0.1) is 23.4 Å². The van der Waals surface area contributed by atoms with Crippen molar-refractivity contribution in [2.45, 2.75) is 13.3 Å². The molecule has 0 radical (unpaired) electrons. The van der Waals surface area contributed by atoms with Crippen LogP contribution in [0.4, 0.5) is 13.2 Å². The van der Waals surface area contributed by atoms with Gasteiger partial charge in [0.25, 0.3) is 0 Å². The van der Waals surface area contributed by atoms with E-state index in [1.165, 1.54) is 6.92 Å². The fraction of sp³-hybridized carbons (Fsp3) is 0.300. The molecule has 0 aliphatic carbocycles. The normalized spacial score (nSPS) is 12.5. The largest absolute Gasteiger partial charge is 0.481 e. The van der Waals surface area contributed by atoms with Gasteiger partial charge in [0.05, 0.1) is 5.92 Å². The van der Waals surface area contributed by atoms with E-state index in [9.17, 15) is 18.0 Å². The number of aliphatic carboxylic acids is 1. The zero-order valence-corrected chi connectivity index (χ0v) is 7.93. The van der Waals surface area contributed by atoms with Gasteiger partial charge in [-0.2, -0.15) is 0 Å². The summed E-state index contributed by atoms with van der Waals surface area (Å²) in [7, 11) is 0. The van der Waals surface area contributed by atoms with Crippen molar-refractivity contribution in [1.29, 1.82) is 0 Å². The lowest BCUT2D eigenvalue weighted by molar-refractivity contribution is -0.141. The van der Waals surface area contributed by atoms with Gasteiger partial charge in [-0.15, -0.1) is 0 Å². The predicted octanol–water partition coefficient (Wildman–Crippen LogP) is 2.37. The fourth-order valence-electron chi connectivity index (χ4n) is 1.16. The molecule has 0 aliphatic rings. The molecular formula is C10H9F3O2. The van der Waals surface area contributed by atoms with Crippen molar-refractivity contribution in [3.63, 3.8) is 0 Å². The smallest absolute Gasteiger partial charge is 0.306 e. The second-order valence-corrected chi connectivity index (χ2v) is 3.29. The molecule has 0 spiro atoms. The Morgan fingerprint density at radius 3 is 2.20 bits per heavy atom. The summed E-state index contributed by atoms with van der Waals surface area (Å²) in [5.41, 5.74) is -0.397. The quantitative estimate of drug-likeness (QED) is 0.845. The summed E-state index contributed by atoms with van der Waals surface area (Å²) in [6, 6.07) is 1.07. The molecule has 15 heavy (non-hydrogen) atoms. The van der Waals surface area contributed by atoms with Gasteiger partial charge in [-0.3, -0.25) is 4.79 Å². The van der Waals surface area contributed by atoms with Gasteiger partial charge in [0.1, 0.15) is 17.5 Å². The number of carboxylic acids is 1. The topological polar surface area (TPSA) is 37.3 Å². The lowest BCUT2D eigenvalue weighted by Crippen LogP contribution is -2.14. The van der Waals surface area contributed by atoms with Crippen LogP contribution < -0.4 is 0 Å². The maximum Gasteiger partial charge on any atom is 0.306 e. The van der Waals surface area contributed by atoms with E-state index in [0.29, 0.717) is 12.1 Å². The molecule has 0 bridgehead atoms. The Kier molecular flexibility index (Phi) is 3.34. The molecule has 1 aromatic rings. The van der Waals surface area contributed by atoms with Crippen molar-refractivity contribution >= 4 is 5.97 Å². The van der Waals surface area contributed by atoms with E-state index < -0.39 is 34.9 Å². The third-order valence-corrected chi connectivity index (χ3v) is 2.04. The van der Waals surface area contributed by atoms with E-state index in [0.717, 1.165) is 0 Å². The highest BCUT2D eigenvalue weighted by atomic mass is 19.1. The minimum atomic E-state index is -1.15. The van der Waals surface area contributed by atoms with Gasteiger partial charge in [-0.25, -0.2) is 13.2 Å². The minimum Gasteiger partial charge on any atom is -0.481 e. The van der Waals surface area contributed by atoms with E-state index in [1.54, 1.807) is 0 Å². The highest BCUT2D eigenvalue weighted by Crippen LogP contribution is 2.18. The third kappa shape index (κ3) is 2.71. The molecule has 2 nitrogen and oxygen atoms in total. The SMILES string of the molecule is CC(Cc1c(F)cc(F)cc1F)C(=O)O. The second-order valence-electron chi connectivity index (χ2n) is 3.29. The summed E-state index contributed by atoms with van der Waals surface area (Å²) in [6.07, 6.45) is -0.298. The van der Waals surface area contributed by atoms with Crippen LogP contribution in [-0.2, 0) is 11.2 Å². The minimum absolute atomic E-state index is 0.298. The molecule has 1 unspecified atom stereocenters. The first-order valence-electron chi connectivity index (χ1n) is 4.28. The van der Waals surface area contributed by atoms with Crippen molar-refractivity contribution in [3.8, 4) is 0 Å². The van der Waals surface area contributed by atoms with Crippen molar-refractivity contribution in [3.05, 3.63) is 35.1 Å². The average Bonchev–Trinajstić information content (AvgIpc) is 2.10. The summed E-state index contributed by atoms with van der Waals surface area (Å²) < 4.78 is 38.6. The molecule has 0 aromatic heterocycles. The Morgan fingerprint density at radius 1 is 1.33 bits per heavy atom. The van der Waals surface area contributed by atoms with E-state index in [1.807, 2.05) is 0 Å². The molecule has 1 rings (SSSR count). The van der Waals surface area contributed by atoms with Crippen molar-refractivity contribution in [2.24, 2.45) is 5.92 Å². The predicted molar refractivity (Wildman–Crippen MR) is 46.8 cm³/mol. The average molecular weight is 218 g/mol. The molecule has 0 aliphatic heterocycles. The van der Waals surface area contributed by atoms with Gasteiger partial charge in [0.2, 0.25) is 0 Å². The molecule has 1 atom stereocenters. The Bertz CT molecular complexity index is 367. The Morgan fingerprint density at radius 2 is 1.80 bits per heavy atom. The molecule has 0 saturated heterocycles. The van der Waals surface area contributed by atoms with Crippen LogP contribution >= 0.6 is 0 Å². The van der Waals surface area contributed by atoms with Crippen LogP contribution in [0.1, 0.15) is 12.5 Å². The molecule has 0 amide bonds. The van der Waals surface area contributed by atoms with Crippen LogP contribution in [0.2, 0.25) is 0 Å². The van der Waals surface area contributed by atoms with Crippen LogP contribution in [0.25, 0.3) is 0 Å². The molecule has 0 fully saturated rings. The summed E-state index contributed by atoms with van der Waals surface area (Å²) in [4.78, 5) is 10.5. The van der Waals surface area contributed by atoms with Crippen molar-refractivity contribution in [2.75, 3.05) is 0 Å². The standard InChI is InChI=1S/C10H9F3O2/c1-5(10(14)15)2-7-8(12)3-6(11)4-9(7)13/h3-5H,2H2,1H3,(H,14,15). The van der Waals surface area contributed by atoms with Gasteiger partial charge in [0, 0.05) is 17.7 Å². The highest BCUT2D eigenvalue weighted by Gasteiger charge is 2.18. The molecule has 0 saturated carbocycles. The van der Waals surface area contributed by atoms with Crippen LogP contribution in [0.5, 0.6) is 0 Å². The number of benzene rings is 1. The molecular weight excluding hydrogens is 209 g/mol. The van der Waals surface area contributed by atoms with E-state index in [4.69, 9.17) is 5.11 Å². The molecule has 1 aromatic carbocycles. The lowest BCUT2D eigenvalue weighted by Gasteiger charge is -2.08. The first kappa shape index (κ1) is 11.6. The van der Waals surface area contributed by atoms with E-state index in [2.05, 4.69) is 0 Å². The van der Waals surface area contributed by atoms with Gasteiger partial charge < -0.3 is 5.11 Å². The lowest BCUT2D eigenvalue weighted by atomic mass is 10.0. The molecule has 1 N–H and O–H groups in total. The van der Waals surface area contributed by atoms with E-state index >= 15 is 0 Å². The van der Waals surface area contributed by atoms with Crippen molar-refractivity contribution < 1.29 is 23.1 Å². The summed E-state index contributed by atoms with van der Waals surface area (Å²) in [5, 5.41) is 8.56. The number of hydrogen-bond acceptors (Lipinski definition) is 1. The van der Waals surface area contributed by atoms with E-state index in [-0.39, 0.29) is 6.42 Å². The van der Waals surface area contributed by atoms with Crippen LogP contribution in [0.3, 0.4) is 0 Å². The third-order valence-electron chi connectivity index (χ3n) is 2.04. The number of hydrogen-bond donors (Lipinski definition) is 1. The Hall–Kier alpha value is -1.52. The first-order chi connectivity index (χ1) is 6.91. The zero-order chi connectivity index (χ0) is 11.6. The number of carboxylic acid groups (broad SMARTS) is 1. The molecule has 0 heterocycles. The van der Waals surface area contributed by atoms with Gasteiger partial charge in [-0.1, -0.05) is 6.92 Å². The first-order valence-corrected chi connectivity index (χ1v) is 4.28. The Balaban J connectivity index is 3.00. The van der Waals surface area contributed by atoms with Crippen LogP contribution in [0.15, 0.2) is 12.1 Å². The summed E-state index contributed by atoms with van der Waals surface area (Å²) >= 11 is 0. The van der Waals surface area contributed by atoms with Crippen molar-refractivity contribution in [1.82, 2.24) is 0 Å². The zero-order valence-electron chi connectivity index (χ0n) is 7.93. The number of halogens is 3. The van der Waals surface area contributed by atoms with Gasteiger partial charge in [-0.05, 0) is 6.42 Å². The summed E-state index contributed by atoms with van der Waals surface area (Å²) in [5.74, 6) is -5.20. The fourth-order valence-corrected chi connectivity index (χ4v) is 1.16. The molecule has 82 valence electrons. The second kappa shape index (κ2) is 4.33. The number of rotatable bonds is 3. The molecule has 5 heteroatoms. The van der Waals surface area contributed by atoms with Gasteiger partial charge >= 0.3 is 5.97 Å². The highest BCUT2D eigenvalue weighted by molar-refractivity contribution is 5.69.